The maximum Gasteiger partial charge on any atom is 0.261 e. The van der Waals surface area contributed by atoms with E-state index in [1.54, 1.807) is 54.6 Å². The molecule has 8 nitrogen and oxygen atoms in total. The number of rotatable bonds is 7. The Morgan fingerprint density at radius 1 is 0.938 bits per heavy atom. The fraction of sp³-hybridized carbons (Fsp3) is 0.174. The van der Waals surface area contributed by atoms with Crippen molar-refractivity contribution in [3.63, 3.8) is 0 Å². The number of benzene rings is 3. The van der Waals surface area contributed by atoms with Gasteiger partial charge in [0.2, 0.25) is 5.91 Å². The molecule has 32 heavy (non-hydrogen) atoms. The van der Waals surface area contributed by atoms with Crippen LogP contribution in [-0.4, -0.2) is 34.6 Å². The maximum atomic E-state index is 12.7. The third-order valence-corrected chi connectivity index (χ3v) is 6.12. The largest absolute Gasteiger partial charge is 0.497 e. The van der Waals surface area contributed by atoms with Crippen LogP contribution in [0.2, 0.25) is 0 Å². The number of anilines is 2. The maximum absolute atomic E-state index is 12.7. The highest BCUT2D eigenvalue weighted by Gasteiger charge is 2.16. The van der Waals surface area contributed by atoms with Crippen LogP contribution in [0.1, 0.15) is 5.56 Å². The highest BCUT2D eigenvalue weighted by Crippen LogP contribution is 2.31. The zero-order chi connectivity index (χ0) is 22.6. The number of sulfonamides is 1. The van der Waals surface area contributed by atoms with Crippen LogP contribution < -0.4 is 24.2 Å². The van der Waals surface area contributed by atoms with Gasteiger partial charge in [-0.1, -0.05) is 12.1 Å². The van der Waals surface area contributed by atoms with Gasteiger partial charge in [-0.3, -0.25) is 9.52 Å². The molecule has 4 rings (SSSR count). The number of carbonyl (C=O) groups excluding carboxylic acids is 1. The summed E-state index contributed by atoms with van der Waals surface area (Å²) >= 11 is 0. The molecule has 0 spiro atoms. The van der Waals surface area contributed by atoms with Crippen molar-refractivity contribution >= 4 is 27.3 Å². The van der Waals surface area contributed by atoms with Crippen LogP contribution >= 0.6 is 0 Å². The SMILES string of the molecule is COc1ccc(NS(=O)(=O)c2cccc(NC(=O)Cc3ccc4c(c3)OCCO4)c2)cc1. The molecular formula is C23H22N2O6S. The van der Waals surface area contributed by atoms with Crippen molar-refractivity contribution < 1.29 is 27.4 Å². The number of hydrogen-bond acceptors (Lipinski definition) is 6. The fourth-order valence-electron chi connectivity index (χ4n) is 3.20. The van der Waals surface area contributed by atoms with E-state index in [9.17, 15) is 13.2 Å². The number of methoxy groups -OCH3 is 1. The van der Waals surface area contributed by atoms with Gasteiger partial charge < -0.3 is 19.5 Å². The molecule has 1 aliphatic rings. The van der Waals surface area contributed by atoms with E-state index in [-0.39, 0.29) is 17.2 Å². The van der Waals surface area contributed by atoms with Crippen LogP contribution in [0.25, 0.3) is 0 Å². The molecule has 0 radical (unpaired) electrons. The van der Waals surface area contributed by atoms with Gasteiger partial charge in [0.1, 0.15) is 19.0 Å². The molecule has 0 atom stereocenters. The Balaban J connectivity index is 1.43. The molecule has 2 N–H and O–H groups in total. The second-order valence-corrected chi connectivity index (χ2v) is 8.75. The first-order valence-corrected chi connectivity index (χ1v) is 11.4. The van der Waals surface area contributed by atoms with E-state index in [4.69, 9.17) is 14.2 Å². The minimum absolute atomic E-state index is 0.0328. The van der Waals surface area contributed by atoms with Crippen LogP contribution in [0.3, 0.4) is 0 Å². The summed E-state index contributed by atoms with van der Waals surface area (Å²) in [5.74, 6) is 1.61. The predicted octanol–water partition coefficient (Wildman–Crippen LogP) is 3.45. The molecular weight excluding hydrogens is 432 g/mol. The molecule has 0 fully saturated rings. The van der Waals surface area contributed by atoms with Crippen molar-refractivity contribution in [2.45, 2.75) is 11.3 Å². The van der Waals surface area contributed by atoms with Gasteiger partial charge in [-0.15, -0.1) is 0 Å². The van der Waals surface area contributed by atoms with Crippen molar-refractivity contribution in [1.29, 1.82) is 0 Å². The summed E-state index contributed by atoms with van der Waals surface area (Å²) in [4.78, 5) is 12.5. The van der Waals surface area contributed by atoms with Gasteiger partial charge in [0.25, 0.3) is 10.0 Å². The van der Waals surface area contributed by atoms with Gasteiger partial charge in [0.15, 0.2) is 11.5 Å². The quantitative estimate of drug-likeness (QED) is 0.567. The zero-order valence-electron chi connectivity index (χ0n) is 17.3. The normalized spacial score (nSPS) is 12.7. The summed E-state index contributed by atoms with van der Waals surface area (Å²) in [6.45, 7) is 0.966. The Kier molecular flexibility index (Phi) is 6.18. The minimum Gasteiger partial charge on any atom is -0.497 e. The molecule has 0 bridgehead atoms. The lowest BCUT2D eigenvalue weighted by molar-refractivity contribution is -0.115. The average Bonchev–Trinajstić information content (AvgIpc) is 2.79. The molecule has 1 heterocycles. The first kappa shape index (κ1) is 21.5. The van der Waals surface area contributed by atoms with Crippen molar-refractivity contribution in [2.75, 3.05) is 30.4 Å². The van der Waals surface area contributed by atoms with E-state index in [0.717, 1.165) is 5.56 Å². The molecule has 0 unspecified atom stereocenters. The van der Waals surface area contributed by atoms with Crippen LogP contribution in [0.4, 0.5) is 11.4 Å². The Bertz CT molecular complexity index is 1230. The molecule has 0 saturated carbocycles. The van der Waals surface area contributed by atoms with E-state index in [1.807, 2.05) is 0 Å². The van der Waals surface area contributed by atoms with E-state index in [2.05, 4.69) is 10.0 Å². The van der Waals surface area contributed by atoms with E-state index in [0.29, 0.717) is 41.8 Å². The number of ether oxygens (including phenoxy) is 3. The first-order chi connectivity index (χ1) is 15.4. The Labute approximate surface area is 186 Å². The summed E-state index contributed by atoms with van der Waals surface area (Å²) in [7, 11) is -2.30. The summed E-state index contributed by atoms with van der Waals surface area (Å²) < 4.78 is 44.1. The molecule has 9 heteroatoms. The zero-order valence-corrected chi connectivity index (χ0v) is 18.1. The third-order valence-electron chi connectivity index (χ3n) is 4.74. The number of carbonyl (C=O) groups is 1. The highest BCUT2D eigenvalue weighted by atomic mass is 32.2. The van der Waals surface area contributed by atoms with Gasteiger partial charge in [-0.05, 0) is 60.2 Å². The summed E-state index contributed by atoms with van der Waals surface area (Å²) in [5, 5.41) is 2.74. The first-order valence-electron chi connectivity index (χ1n) is 9.88. The Morgan fingerprint density at radius 2 is 1.69 bits per heavy atom. The third kappa shape index (κ3) is 5.12. The van der Waals surface area contributed by atoms with Gasteiger partial charge in [0.05, 0.1) is 18.4 Å². The van der Waals surface area contributed by atoms with Crippen molar-refractivity contribution in [3.05, 3.63) is 72.3 Å². The molecule has 3 aromatic carbocycles. The van der Waals surface area contributed by atoms with E-state index < -0.39 is 10.0 Å². The van der Waals surface area contributed by atoms with Crippen molar-refractivity contribution in [1.82, 2.24) is 0 Å². The van der Waals surface area contributed by atoms with E-state index >= 15 is 0 Å². The topological polar surface area (TPSA) is 103 Å². The number of amides is 1. The van der Waals surface area contributed by atoms with Crippen LogP contribution in [0, 0.1) is 0 Å². The van der Waals surface area contributed by atoms with E-state index in [1.165, 1.54) is 19.2 Å². The van der Waals surface area contributed by atoms with Crippen molar-refractivity contribution in [2.24, 2.45) is 0 Å². The van der Waals surface area contributed by atoms with Crippen LogP contribution in [0.5, 0.6) is 17.2 Å². The molecule has 3 aromatic rings. The Hall–Kier alpha value is -3.72. The number of nitrogens with one attached hydrogen (secondary N) is 2. The molecule has 166 valence electrons. The number of hydrogen-bond donors (Lipinski definition) is 2. The molecule has 0 aliphatic carbocycles. The summed E-state index contributed by atoms with van der Waals surface area (Å²) in [6, 6.07) is 17.9. The summed E-state index contributed by atoms with van der Waals surface area (Å²) in [5.41, 5.74) is 1.54. The predicted molar refractivity (Wildman–Crippen MR) is 120 cm³/mol. The standard InChI is InChI=1S/C23H22N2O6S/c1-29-19-8-6-17(7-9-19)25-32(27,28)20-4-2-3-18(15-20)24-23(26)14-16-5-10-21-22(13-16)31-12-11-30-21/h2-10,13,15,25H,11-12,14H2,1H3,(H,24,26). The smallest absolute Gasteiger partial charge is 0.261 e. The molecule has 0 aromatic heterocycles. The van der Waals surface area contributed by atoms with Crippen LogP contribution in [-0.2, 0) is 21.2 Å². The minimum atomic E-state index is -3.83. The molecule has 1 aliphatic heterocycles. The molecule has 1 amide bonds. The van der Waals surface area contributed by atoms with Crippen molar-refractivity contribution in [3.8, 4) is 17.2 Å². The molecule has 0 saturated heterocycles. The van der Waals surface area contributed by atoms with Crippen LogP contribution in [0.15, 0.2) is 71.6 Å². The fourth-order valence-corrected chi connectivity index (χ4v) is 4.31. The Morgan fingerprint density at radius 3 is 2.44 bits per heavy atom. The van der Waals surface area contributed by atoms with Gasteiger partial charge in [0, 0.05) is 11.4 Å². The average molecular weight is 455 g/mol. The van der Waals surface area contributed by atoms with Gasteiger partial charge >= 0.3 is 0 Å². The second kappa shape index (κ2) is 9.19. The lowest BCUT2D eigenvalue weighted by Crippen LogP contribution is -2.17. The highest BCUT2D eigenvalue weighted by molar-refractivity contribution is 7.92. The number of fused-ring (bicyclic) bond motifs is 1. The van der Waals surface area contributed by atoms with Gasteiger partial charge in [-0.25, -0.2) is 8.42 Å². The lowest BCUT2D eigenvalue weighted by Gasteiger charge is -2.18. The summed E-state index contributed by atoms with van der Waals surface area (Å²) in [6.07, 6.45) is 0.109. The van der Waals surface area contributed by atoms with Gasteiger partial charge in [-0.2, -0.15) is 0 Å². The lowest BCUT2D eigenvalue weighted by atomic mass is 10.1. The monoisotopic (exact) mass is 454 g/mol. The second-order valence-electron chi connectivity index (χ2n) is 7.06.